The van der Waals surface area contributed by atoms with Crippen LogP contribution in [0.2, 0.25) is 0 Å². The van der Waals surface area contributed by atoms with E-state index in [9.17, 15) is 0 Å². The molecule has 0 bridgehead atoms. The number of hydrogen-bond donors (Lipinski definition) is 2. The van der Waals surface area contributed by atoms with Crippen molar-refractivity contribution in [1.29, 1.82) is 0 Å². The summed E-state index contributed by atoms with van der Waals surface area (Å²) >= 11 is 4.98. The van der Waals surface area contributed by atoms with Crippen molar-refractivity contribution in [3.8, 4) is 0 Å². The highest BCUT2D eigenvalue weighted by molar-refractivity contribution is 7.80. The Bertz CT molecular complexity index is 292. The van der Waals surface area contributed by atoms with Crippen LogP contribution >= 0.6 is 12.2 Å². The maximum Gasteiger partial charge on any atom is 0.186 e. The first-order valence-electron chi connectivity index (χ1n) is 3.72. The van der Waals surface area contributed by atoms with Crippen molar-refractivity contribution in [3.05, 3.63) is 24.8 Å². The van der Waals surface area contributed by atoms with Crippen LogP contribution in [0.15, 0.2) is 24.8 Å². The van der Waals surface area contributed by atoms with Crippen LogP contribution in [0.4, 0.5) is 0 Å². The maximum atomic E-state index is 4.98. The highest BCUT2D eigenvalue weighted by atomic mass is 32.1. The summed E-state index contributed by atoms with van der Waals surface area (Å²) in [5.74, 6) is 0. The topological polar surface area (TPSA) is 54.8 Å². The summed E-state index contributed by atoms with van der Waals surface area (Å²) in [5, 5.41) is 10.7. The number of rotatable bonds is 3. The van der Waals surface area contributed by atoms with Gasteiger partial charge in [0.1, 0.15) is 12.7 Å². The fraction of sp³-hybridized carbons (Fsp3) is 0.286. The molecule has 0 aliphatic carbocycles. The molecule has 1 aromatic heterocycles. The Labute approximate surface area is 81.8 Å². The zero-order chi connectivity index (χ0) is 9.68. The number of aromatic nitrogens is 3. The molecular formula is C7H11N5S. The van der Waals surface area contributed by atoms with E-state index in [2.05, 4.69) is 27.5 Å². The standard InChI is InChI=1S/C7H11N5S/c1-6(2)3-8-7(13)11-12-4-9-10-5-12/h4-5H,1,3H2,2H3,(H2,8,11,13). The minimum absolute atomic E-state index is 0.516. The Morgan fingerprint density at radius 2 is 2.15 bits per heavy atom. The van der Waals surface area contributed by atoms with E-state index in [1.54, 1.807) is 4.68 Å². The first-order chi connectivity index (χ1) is 6.18. The van der Waals surface area contributed by atoms with Crippen LogP contribution in [0, 0.1) is 0 Å². The first-order valence-corrected chi connectivity index (χ1v) is 4.13. The van der Waals surface area contributed by atoms with E-state index < -0.39 is 0 Å². The molecule has 1 heterocycles. The van der Waals surface area contributed by atoms with E-state index in [4.69, 9.17) is 12.2 Å². The molecular weight excluding hydrogens is 186 g/mol. The summed E-state index contributed by atoms with van der Waals surface area (Å²) in [4.78, 5) is 0. The summed E-state index contributed by atoms with van der Waals surface area (Å²) in [6.45, 7) is 6.33. The number of thiocarbonyl (C=S) groups is 1. The molecule has 0 aromatic carbocycles. The van der Waals surface area contributed by atoms with Gasteiger partial charge in [0.25, 0.3) is 0 Å². The average Bonchev–Trinajstić information content (AvgIpc) is 2.53. The van der Waals surface area contributed by atoms with Crippen molar-refractivity contribution in [1.82, 2.24) is 20.2 Å². The van der Waals surface area contributed by atoms with E-state index >= 15 is 0 Å². The van der Waals surface area contributed by atoms with E-state index in [-0.39, 0.29) is 0 Å². The van der Waals surface area contributed by atoms with Crippen LogP contribution in [-0.4, -0.2) is 26.5 Å². The zero-order valence-electron chi connectivity index (χ0n) is 7.32. The lowest BCUT2D eigenvalue weighted by Gasteiger charge is -2.09. The number of nitrogens with zero attached hydrogens (tertiary/aromatic N) is 3. The van der Waals surface area contributed by atoms with Crippen molar-refractivity contribution in [2.45, 2.75) is 6.92 Å². The van der Waals surface area contributed by atoms with Gasteiger partial charge in [0.05, 0.1) is 0 Å². The second kappa shape index (κ2) is 4.56. The fourth-order valence-corrected chi connectivity index (χ4v) is 0.824. The molecule has 0 unspecified atom stereocenters. The third-order valence-electron chi connectivity index (χ3n) is 1.20. The van der Waals surface area contributed by atoms with Gasteiger partial charge in [-0.05, 0) is 19.1 Å². The van der Waals surface area contributed by atoms with Gasteiger partial charge in [-0.3, -0.25) is 5.43 Å². The van der Waals surface area contributed by atoms with Crippen LogP contribution in [0.25, 0.3) is 0 Å². The molecule has 6 heteroatoms. The van der Waals surface area contributed by atoms with Crippen molar-refractivity contribution in [2.24, 2.45) is 0 Å². The highest BCUT2D eigenvalue weighted by Crippen LogP contribution is 1.82. The molecule has 1 aromatic rings. The molecule has 0 saturated heterocycles. The molecule has 0 fully saturated rings. The predicted octanol–water partition coefficient (Wildman–Crippen LogP) is 0.272. The Morgan fingerprint density at radius 1 is 1.54 bits per heavy atom. The molecule has 0 aliphatic heterocycles. The Balaban J connectivity index is 2.30. The number of hydrogen-bond acceptors (Lipinski definition) is 3. The third kappa shape index (κ3) is 3.66. The Kier molecular flexibility index (Phi) is 3.39. The van der Waals surface area contributed by atoms with E-state index in [0.29, 0.717) is 11.7 Å². The van der Waals surface area contributed by atoms with Gasteiger partial charge in [-0.1, -0.05) is 12.2 Å². The highest BCUT2D eigenvalue weighted by Gasteiger charge is 1.94. The van der Waals surface area contributed by atoms with E-state index in [1.807, 2.05) is 6.92 Å². The fourth-order valence-electron chi connectivity index (χ4n) is 0.646. The molecule has 2 N–H and O–H groups in total. The molecule has 13 heavy (non-hydrogen) atoms. The van der Waals surface area contributed by atoms with Gasteiger partial charge in [0, 0.05) is 6.54 Å². The van der Waals surface area contributed by atoms with Gasteiger partial charge in [-0.15, -0.1) is 10.2 Å². The van der Waals surface area contributed by atoms with Gasteiger partial charge in [0.2, 0.25) is 0 Å². The predicted molar refractivity (Wildman–Crippen MR) is 54.8 cm³/mol. The van der Waals surface area contributed by atoms with Gasteiger partial charge in [0.15, 0.2) is 5.11 Å². The molecule has 5 nitrogen and oxygen atoms in total. The lowest BCUT2D eigenvalue weighted by Crippen LogP contribution is -2.34. The lowest BCUT2D eigenvalue weighted by molar-refractivity contribution is 0.922. The maximum absolute atomic E-state index is 4.98. The summed E-state index contributed by atoms with van der Waals surface area (Å²) in [5.41, 5.74) is 3.87. The lowest BCUT2D eigenvalue weighted by atomic mass is 10.4. The van der Waals surface area contributed by atoms with Crippen LogP contribution in [0.3, 0.4) is 0 Å². The molecule has 0 aliphatic rings. The van der Waals surface area contributed by atoms with Crippen molar-refractivity contribution >= 4 is 17.3 Å². The Morgan fingerprint density at radius 3 is 2.69 bits per heavy atom. The van der Waals surface area contributed by atoms with Crippen molar-refractivity contribution < 1.29 is 0 Å². The Hall–Kier alpha value is -1.43. The normalized spacial score (nSPS) is 9.31. The molecule has 0 saturated carbocycles. The third-order valence-corrected chi connectivity index (χ3v) is 1.44. The van der Waals surface area contributed by atoms with Gasteiger partial charge in [-0.2, -0.15) is 0 Å². The second-order valence-corrected chi connectivity index (χ2v) is 3.03. The van der Waals surface area contributed by atoms with Crippen LogP contribution in [0.5, 0.6) is 0 Å². The monoisotopic (exact) mass is 197 g/mol. The minimum Gasteiger partial charge on any atom is -0.358 e. The first kappa shape index (κ1) is 9.66. The van der Waals surface area contributed by atoms with Gasteiger partial charge in [-0.25, -0.2) is 4.68 Å². The zero-order valence-corrected chi connectivity index (χ0v) is 8.14. The quantitative estimate of drug-likeness (QED) is 0.538. The second-order valence-electron chi connectivity index (χ2n) is 2.62. The molecule has 0 atom stereocenters. The summed E-state index contributed by atoms with van der Waals surface area (Å²) in [6.07, 6.45) is 3.05. The number of nitrogens with one attached hydrogen (secondary N) is 2. The smallest absolute Gasteiger partial charge is 0.186 e. The minimum atomic E-state index is 0.516. The van der Waals surface area contributed by atoms with Crippen LogP contribution in [0.1, 0.15) is 6.92 Å². The van der Waals surface area contributed by atoms with Gasteiger partial charge < -0.3 is 5.32 Å². The molecule has 0 radical (unpaired) electrons. The molecule has 0 spiro atoms. The average molecular weight is 197 g/mol. The van der Waals surface area contributed by atoms with Crippen LogP contribution < -0.4 is 10.7 Å². The summed E-state index contributed by atoms with van der Waals surface area (Å²) in [6, 6.07) is 0. The van der Waals surface area contributed by atoms with Crippen molar-refractivity contribution in [3.63, 3.8) is 0 Å². The summed E-state index contributed by atoms with van der Waals surface area (Å²) in [7, 11) is 0. The van der Waals surface area contributed by atoms with Crippen molar-refractivity contribution in [2.75, 3.05) is 12.0 Å². The van der Waals surface area contributed by atoms with Crippen LogP contribution in [-0.2, 0) is 0 Å². The molecule has 1 rings (SSSR count). The molecule has 0 amide bonds. The SMILES string of the molecule is C=C(C)CNC(=S)Nn1cnnc1. The van der Waals surface area contributed by atoms with E-state index in [1.165, 1.54) is 12.7 Å². The largest absolute Gasteiger partial charge is 0.358 e. The van der Waals surface area contributed by atoms with E-state index in [0.717, 1.165) is 5.57 Å². The molecule has 70 valence electrons. The van der Waals surface area contributed by atoms with Gasteiger partial charge >= 0.3 is 0 Å². The summed E-state index contributed by atoms with van der Waals surface area (Å²) < 4.78 is 1.56.